The zero-order valence-electron chi connectivity index (χ0n) is 9.63. The predicted octanol–water partition coefficient (Wildman–Crippen LogP) is 2.10. The van der Waals surface area contributed by atoms with Crippen molar-refractivity contribution < 1.29 is 0 Å². The van der Waals surface area contributed by atoms with Gasteiger partial charge in [-0.2, -0.15) is 10.5 Å². The molecule has 1 aromatic rings. The third kappa shape index (κ3) is 2.02. The van der Waals surface area contributed by atoms with Gasteiger partial charge in [0.25, 0.3) is 0 Å². The average molecular weight is 225 g/mol. The van der Waals surface area contributed by atoms with Crippen molar-refractivity contribution in [2.24, 2.45) is 11.7 Å². The van der Waals surface area contributed by atoms with Crippen LogP contribution in [-0.4, -0.2) is 6.04 Å². The van der Waals surface area contributed by atoms with Gasteiger partial charge < -0.3 is 5.73 Å². The molecule has 3 heteroatoms. The average Bonchev–Trinajstić information content (AvgIpc) is 2.41. The van der Waals surface area contributed by atoms with Gasteiger partial charge in [0.05, 0.1) is 23.5 Å². The third-order valence-electron chi connectivity index (χ3n) is 3.70. The lowest BCUT2D eigenvalue weighted by molar-refractivity contribution is 0.279. The normalized spacial score (nSPS) is 32.4. The Morgan fingerprint density at radius 1 is 1.24 bits per heavy atom. The van der Waals surface area contributed by atoms with E-state index >= 15 is 0 Å². The maximum atomic E-state index is 9.49. The molecule has 1 saturated carbocycles. The first-order chi connectivity index (χ1) is 8.22. The molecule has 1 fully saturated rings. The van der Waals surface area contributed by atoms with Crippen LogP contribution in [0.1, 0.15) is 24.8 Å². The highest BCUT2D eigenvalue weighted by Gasteiger charge is 2.41. The van der Waals surface area contributed by atoms with Crippen LogP contribution in [0.25, 0.3) is 0 Å². The summed E-state index contributed by atoms with van der Waals surface area (Å²) >= 11 is 0. The fourth-order valence-electron chi connectivity index (χ4n) is 2.57. The Kier molecular flexibility index (Phi) is 3.13. The summed E-state index contributed by atoms with van der Waals surface area (Å²) in [5.41, 5.74) is 6.39. The molecule has 1 aliphatic rings. The molecule has 3 atom stereocenters. The van der Waals surface area contributed by atoms with Gasteiger partial charge >= 0.3 is 0 Å². The summed E-state index contributed by atoms with van der Waals surface area (Å²) in [6.45, 7) is 0. The van der Waals surface area contributed by atoms with Crippen molar-refractivity contribution in [2.45, 2.75) is 30.7 Å². The molecular weight excluding hydrogens is 210 g/mol. The lowest BCUT2D eigenvalue weighted by Gasteiger charge is -2.36. The molecule has 2 N–H and O–H groups in total. The SMILES string of the molecule is N#CC1CC(C#N)(c2ccccc2)CCC1N. The first kappa shape index (κ1) is 11.6. The first-order valence-electron chi connectivity index (χ1n) is 5.84. The van der Waals surface area contributed by atoms with Gasteiger partial charge in [-0.1, -0.05) is 30.3 Å². The maximum Gasteiger partial charge on any atom is 0.0836 e. The second kappa shape index (κ2) is 4.57. The molecule has 0 amide bonds. The summed E-state index contributed by atoms with van der Waals surface area (Å²) in [4.78, 5) is 0. The summed E-state index contributed by atoms with van der Waals surface area (Å²) in [5.74, 6) is -0.219. The summed E-state index contributed by atoms with van der Waals surface area (Å²) in [7, 11) is 0. The minimum atomic E-state index is -0.530. The zero-order valence-corrected chi connectivity index (χ0v) is 9.63. The van der Waals surface area contributed by atoms with Crippen LogP contribution in [0.4, 0.5) is 0 Å². The minimum absolute atomic E-state index is 0.0924. The Bertz CT molecular complexity index is 468. The largest absolute Gasteiger partial charge is 0.327 e. The molecule has 86 valence electrons. The highest BCUT2D eigenvalue weighted by molar-refractivity contribution is 5.34. The lowest BCUT2D eigenvalue weighted by atomic mass is 9.65. The van der Waals surface area contributed by atoms with Crippen molar-refractivity contribution in [1.29, 1.82) is 10.5 Å². The lowest BCUT2D eigenvalue weighted by Crippen LogP contribution is -2.42. The molecule has 0 heterocycles. The quantitative estimate of drug-likeness (QED) is 0.795. The molecule has 0 saturated heterocycles. The van der Waals surface area contributed by atoms with E-state index in [1.165, 1.54) is 0 Å². The number of rotatable bonds is 1. The van der Waals surface area contributed by atoms with Crippen molar-refractivity contribution in [2.75, 3.05) is 0 Å². The van der Waals surface area contributed by atoms with Crippen LogP contribution < -0.4 is 5.73 Å². The molecule has 3 unspecified atom stereocenters. The van der Waals surface area contributed by atoms with E-state index in [4.69, 9.17) is 11.0 Å². The third-order valence-corrected chi connectivity index (χ3v) is 3.70. The van der Waals surface area contributed by atoms with Crippen LogP contribution >= 0.6 is 0 Å². The second-order valence-electron chi connectivity index (χ2n) is 4.70. The number of nitrogens with zero attached hydrogens (tertiary/aromatic N) is 2. The Morgan fingerprint density at radius 3 is 2.53 bits per heavy atom. The molecule has 0 bridgehead atoms. The van der Waals surface area contributed by atoms with Crippen LogP contribution in [-0.2, 0) is 5.41 Å². The molecule has 2 rings (SSSR count). The van der Waals surface area contributed by atoms with Crippen LogP contribution in [0.3, 0.4) is 0 Å². The first-order valence-corrected chi connectivity index (χ1v) is 5.84. The molecule has 0 aromatic heterocycles. The number of hydrogen-bond acceptors (Lipinski definition) is 3. The van der Waals surface area contributed by atoms with E-state index in [2.05, 4.69) is 12.1 Å². The van der Waals surface area contributed by atoms with Crippen LogP contribution in [0.2, 0.25) is 0 Å². The highest BCUT2D eigenvalue weighted by Crippen LogP contribution is 2.40. The Morgan fingerprint density at radius 2 is 1.94 bits per heavy atom. The highest BCUT2D eigenvalue weighted by atomic mass is 14.7. The van der Waals surface area contributed by atoms with E-state index < -0.39 is 5.41 Å². The van der Waals surface area contributed by atoms with Crippen molar-refractivity contribution in [1.82, 2.24) is 0 Å². The predicted molar refractivity (Wildman–Crippen MR) is 64.7 cm³/mol. The van der Waals surface area contributed by atoms with Crippen molar-refractivity contribution >= 4 is 0 Å². The molecule has 0 radical (unpaired) electrons. The fraction of sp³-hybridized carbons (Fsp3) is 0.429. The second-order valence-corrected chi connectivity index (χ2v) is 4.70. The molecule has 1 aliphatic carbocycles. The number of hydrogen-bond donors (Lipinski definition) is 1. The van der Waals surface area contributed by atoms with Gasteiger partial charge in [0.2, 0.25) is 0 Å². The van der Waals surface area contributed by atoms with Crippen LogP contribution in [0, 0.1) is 28.6 Å². The van der Waals surface area contributed by atoms with Gasteiger partial charge in [-0.25, -0.2) is 0 Å². The van der Waals surface area contributed by atoms with Crippen molar-refractivity contribution in [3.63, 3.8) is 0 Å². The van der Waals surface area contributed by atoms with Gasteiger partial charge in [0.15, 0.2) is 0 Å². The fourth-order valence-corrected chi connectivity index (χ4v) is 2.57. The Labute approximate surface area is 101 Å². The van der Waals surface area contributed by atoms with Crippen molar-refractivity contribution in [3.8, 4) is 12.1 Å². The smallest absolute Gasteiger partial charge is 0.0836 e. The Balaban J connectivity index is 2.35. The van der Waals surface area contributed by atoms with E-state index in [1.807, 2.05) is 30.3 Å². The maximum absolute atomic E-state index is 9.49. The van der Waals surface area contributed by atoms with E-state index in [-0.39, 0.29) is 12.0 Å². The number of nitrogens with two attached hydrogens (primary N) is 1. The van der Waals surface area contributed by atoms with Crippen LogP contribution in [0.5, 0.6) is 0 Å². The van der Waals surface area contributed by atoms with Gasteiger partial charge in [-0.3, -0.25) is 0 Å². The molecule has 1 aromatic carbocycles. The van der Waals surface area contributed by atoms with E-state index in [1.54, 1.807) is 0 Å². The van der Waals surface area contributed by atoms with Gasteiger partial charge in [-0.15, -0.1) is 0 Å². The summed E-state index contributed by atoms with van der Waals surface area (Å²) in [6, 6.07) is 14.3. The molecule has 0 aliphatic heterocycles. The topological polar surface area (TPSA) is 73.6 Å². The van der Waals surface area contributed by atoms with Crippen molar-refractivity contribution in [3.05, 3.63) is 35.9 Å². The Hall–Kier alpha value is -1.84. The summed E-state index contributed by atoms with van der Waals surface area (Å²) in [6.07, 6.45) is 2.03. The number of nitriles is 2. The van der Waals surface area contributed by atoms with Crippen LogP contribution in [0.15, 0.2) is 30.3 Å². The number of benzene rings is 1. The molecular formula is C14H15N3. The molecule has 17 heavy (non-hydrogen) atoms. The van der Waals surface area contributed by atoms with Gasteiger partial charge in [0.1, 0.15) is 0 Å². The van der Waals surface area contributed by atoms with E-state index in [0.717, 1.165) is 18.4 Å². The minimum Gasteiger partial charge on any atom is -0.327 e. The molecule has 3 nitrogen and oxygen atoms in total. The zero-order chi connectivity index (χ0) is 12.3. The van der Waals surface area contributed by atoms with E-state index in [0.29, 0.717) is 6.42 Å². The van der Waals surface area contributed by atoms with E-state index in [9.17, 15) is 5.26 Å². The van der Waals surface area contributed by atoms with Gasteiger partial charge in [0, 0.05) is 6.04 Å². The monoisotopic (exact) mass is 225 g/mol. The summed E-state index contributed by atoms with van der Waals surface area (Å²) < 4.78 is 0. The summed E-state index contributed by atoms with van der Waals surface area (Å²) in [5, 5.41) is 18.6. The van der Waals surface area contributed by atoms with Gasteiger partial charge in [-0.05, 0) is 24.8 Å². The standard InChI is InChI=1S/C14H15N3/c15-9-11-8-14(10-16,7-6-13(11)17)12-4-2-1-3-5-12/h1-5,11,13H,6-8,17H2. The molecule has 0 spiro atoms.